The van der Waals surface area contributed by atoms with Gasteiger partial charge in [0, 0.05) is 37.9 Å². The first-order chi connectivity index (χ1) is 11.2. The molecule has 0 unspecified atom stereocenters. The Bertz CT molecular complexity index is 533. The topological polar surface area (TPSA) is 53.5 Å². The van der Waals surface area contributed by atoms with E-state index in [-0.39, 0.29) is 11.8 Å². The van der Waals surface area contributed by atoms with Crippen LogP contribution in [-0.2, 0) is 0 Å². The number of pyridine rings is 1. The number of amides is 2. The van der Waals surface area contributed by atoms with E-state index in [0.29, 0.717) is 11.3 Å². The summed E-state index contributed by atoms with van der Waals surface area (Å²) in [6, 6.07) is 3.36. The van der Waals surface area contributed by atoms with E-state index in [1.807, 2.05) is 9.80 Å². The van der Waals surface area contributed by atoms with Gasteiger partial charge in [-0.15, -0.1) is 0 Å². The SMILES string of the molecule is CCCN(CCC)C(=O)c1cc(C(=O)N2CCCCC2)ccn1. The zero-order valence-electron chi connectivity index (χ0n) is 14.3. The van der Waals surface area contributed by atoms with Gasteiger partial charge in [0.15, 0.2) is 0 Å². The summed E-state index contributed by atoms with van der Waals surface area (Å²) >= 11 is 0. The lowest BCUT2D eigenvalue weighted by Gasteiger charge is -2.27. The zero-order chi connectivity index (χ0) is 16.7. The minimum absolute atomic E-state index is 0.0127. The second-order valence-corrected chi connectivity index (χ2v) is 6.07. The molecule has 2 heterocycles. The molecular weight excluding hydrogens is 290 g/mol. The minimum Gasteiger partial charge on any atom is -0.339 e. The molecule has 0 saturated carbocycles. The second-order valence-electron chi connectivity index (χ2n) is 6.07. The number of likely N-dealkylation sites (tertiary alicyclic amines) is 1. The highest BCUT2D eigenvalue weighted by atomic mass is 16.2. The van der Waals surface area contributed by atoms with Crippen LogP contribution in [-0.4, -0.2) is 52.8 Å². The first-order valence-electron chi connectivity index (χ1n) is 8.72. The maximum absolute atomic E-state index is 12.6. The Hall–Kier alpha value is -1.91. The maximum Gasteiger partial charge on any atom is 0.272 e. The fourth-order valence-electron chi connectivity index (χ4n) is 2.98. The molecule has 1 fully saturated rings. The summed E-state index contributed by atoms with van der Waals surface area (Å²) in [5.74, 6) is -0.0688. The molecule has 0 N–H and O–H groups in total. The molecule has 2 amide bonds. The molecule has 1 saturated heterocycles. The minimum atomic E-state index is -0.0815. The van der Waals surface area contributed by atoms with E-state index < -0.39 is 0 Å². The summed E-state index contributed by atoms with van der Waals surface area (Å²) in [6.45, 7) is 7.17. The van der Waals surface area contributed by atoms with Crippen LogP contribution in [0.3, 0.4) is 0 Å². The lowest BCUT2D eigenvalue weighted by molar-refractivity contribution is 0.0724. The number of rotatable bonds is 6. The molecule has 1 aliphatic heterocycles. The fourth-order valence-corrected chi connectivity index (χ4v) is 2.98. The number of hydrogen-bond donors (Lipinski definition) is 0. The number of nitrogens with zero attached hydrogens (tertiary/aromatic N) is 3. The predicted octanol–water partition coefficient (Wildman–Crippen LogP) is 2.97. The van der Waals surface area contributed by atoms with Crippen LogP contribution < -0.4 is 0 Å². The highest BCUT2D eigenvalue weighted by Crippen LogP contribution is 2.14. The molecule has 0 radical (unpaired) electrons. The first kappa shape index (κ1) is 17.4. The largest absolute Gasteiger partial charge is 0.339 e. The van der Waals surface area contributed by atoms with Crippen molar-refractivity contribution in [2.45, 2.75) is 46.0 Å². The van der Waals surface area contributed by atoms with Gasteiger partial charge >= 0.3 is 0 Å². The van der Waals surface area contributed by atoms with Crippen LogP contribution in [0.25, 0.3) is 0 Å². The van der Waals surface area contributed by atoms with E-state index in [0.717, 1.165) is 51.9 Å². The van der Waals surface area contributed by atoms with Crippen molar-refractivity contribution >= 4 is 11.8 Å². The van der Waals surface area contributed by atoms with E-state index in [9.17, 15) is 9.59 Å². The van der Waals surface area contributed by atoms with Gasteiger partial charge < -0.3 is 9.80 Å². The molecule has 23 heavy (non-hydrogen) atoms. The smallest absolute Gasteiger partial charge is 0.272 e. The van der Waals surface area contributed by atoms with Crippen molar-refractivity contribution in [2.75, 3.05) is 26.2 Å². The van der Waals surface area contributed by atoms with Gasteiger partial charge in [-0.1, -0.05) is 13.8 Å². The van der Waals surface area contributed by atoms with E-state index in [1.165, 1.54) is 6.42 Å². The predicted molar refractivity (Wildman–Crippen MR) is 90.5 cm³/mol. The molecule has 2 rings (SSSR count). The van der Waals surface area contributed by atoms with E-state index in [1.54, 1.807) is 18.3 Å². The highest BCUT2D eigenvalue weighted by Gasteiger charge is 2.21. The second kappa shape index (κ2) is 8.65. The van der Waals surface area contributed by atoms with Gasteiger partial charge in [0.2, 0.25) is 0 Å². The molecule has 0 aliphatic carbocycles. The van der Waals surface area contributed by atoms with Crippen molar-refractivity contribution in [2.24, 2.45) is 0 Å². The average Bonchev–Trinajstić information content (AvgIpc) is 2.61. The molecule has 126 valence electrons. The van der Waals surface area contributed by atoms with Crippen molar-refractivity contribution in [1.29, 1.82) is 0 Å². The lowest BCUT2D eigenvalue weighted by atomic mass is 10.1. The van der Waals surface area contributed by atoms with Crippen LogP contribution in [0.15, 0.2) is 18.3 Å². The molecule has 0 aromatic carbocycles. The number of piperidine rings is 1. The van der Waals surface area contributed by atoms with Gasteiger partial charge in [0.25, 0.3) is 11.8 Å². The highest BCUT2D eigenvalue weighted by molar-refractivity contribution is 5.98. The lowest BCUT2D eigenvalue weighted by Crippen LogP contribution is -2.36. The number of hydrogen-bond acceptors (Lipinski definition) is 3. The Morgan fingerprint density at radius 1 is 1.13 bits per heavy atom. The summed E-state index contributed by atoms with van der Waals surface area (Å²) in [6.07, 6.45) is 6.70. The summed E-state index contributed by atoms with van der Waals surface area (Å²) in [5, 5.41) is 0. The molecule has 5 nitrogen and oxygen atoms in total. The standard InChI is InChI=1S/C18H27N3O2/c1-3-10-20(11-4-2)18(23)16-14-15(8-9-19-16)17(22)21-12-6-5-7-13-21/h8-9,14H,3-7,10-13H2,1-2H3. The van der Waals surface area contributed by atoms with Crippen molar-refractivity contribution in [1.82, 2.24) is 14.8 Å². The monoisotopic (exact) mass is 317 g/mol. The number of aromatic nitrogens is 1. The van der Waals surface area contributed by atoms with Gasteiger partial charge in [0.1, 0.15) is 5.69 Å². The van der Waals surface area contributed by atoms with Gasteiger partial charge in [-0.05, 0) is 44.2 Å². The average molecular weight is 317 g/mol. The zero-order valence-corrected chi connectivity index (χ0v) is 14.3. The molecule has 1 aromatic rings. The third kappa shape index (κ3) is 4.53. The summed E-state index contributed by atoms with van der Waals surface area (Å²) in [7, 11) is 0. The quantitative estimate of drug-likeness (QED) is 0.810. The Morgan fingerprint density at radius 3 is 2.39 bits per heavy atom. The molecule has 1 aliphatic rings. The van der Waals surface area contributed by atoms with Gasteiger partial charge in [0.05, 0.1) is 0 Å². The van der Waals surface area contributed by atoms with E-state index >= 15 is 0 Å². The van der Waals surface area contributed by atoms with Crippen molar-refractivity contribution < 1.29 is 9.59 Å². The van der Waals surface area contributed by atoms with Crippen molar-refractivity contribution in [3.05, 3.63) is 29.6 Å². The Balaban J connectivity index is 2.14. The van der Waals surface area contributed by atoms with Crippen LogP contribution >= 0.6 is 0 Å². The van der Waals surface area contributed by atoms with Crippen LogP contribution in [0, 0.1) is 0 Å². The van der Waals surface area contributed by atoms with Crippen molar-refractivity contribution in [3.63, 3.8) is 0 Å². The number of carbonyl (C=O) groups is 2. The molecular formula is C18H27N3O2. The third-order valence-electron chi connectivity index (χ3n) is 4.14. The Morgan fingerprint density at radius 2 is 1.78 bits per heavy atom. The van der Waals surface area contributed by atoms with Crippen LogP contribution in [0.1, 0.15) is 66.8 Å². The normalized spacial score (nSPS) is 14.6. The fraction of sp³-hybridized carbons (Fsp3) is 0.611. The van der Waals surface area contributed by atoms with E-state index in [4.69, 9.17) is 0 Å². The molecule has 5 heteroatoms. The van der Waals surface area contributed by atoms with Gasteiger partial charge in [-0.2, -0.15) is 0 Å². The number of carbonyl (C=O) groups excluding carboxylic acids is 2. The van der Waals surface area contributed by atoms with Crippen LogP contribution in [0.5, 0.6) is 0 Å². The maximum atomic E-state index is 12.6. The Labute approximate surface area is 138 Å². The van der Waals surface area contributed by atoms with Gasteiger partial charge in [-0.3, -0.25) is 14.6 Å². The molecule has 0 spiro atoms. The summed E-state index contributed by atoms with van der Waals surface area (Å²) in [5.41, 5.74) is 0.938. The van der Waals surface area contributed by atoms with Crippen molar-refractivity contribution in [3.8, 4) is 0 Å². The van der Waals surface area contributed by atoms with E-state index in [2.05, 4.69) is 18.8 Å². The summed E-state index contributed by atoms with van der Waals surface area (Å²) < 4.78 is 0. The Kier molecular flexibility index (Phi) is 6.56. The van der Waals surface area contributed by atoms with Crippen LogP contribution in [0.2, 0.25) is 0 Å². The first-order valence-corrected chi connectivity index (χ1v) is 8.72. The molecule has 1 aromatic heterocycles. The van der Waals surface area contributed by atoms with Crippen LogP contribution in [0.4, 0.5) is 0 Å². The summed E-state index contributed by atoms with van der Waals surface area (Å²) in [4.78, 5) is 33.1. The third-order valence-corrected chi connectivity index (χ3v) is 4.14. The van der Waals surface area contributed by atoms with Gasteiger partial charge in [-0.25, -0.2) is 0 Å². The molecule has 0 atom stereocenters. The molecule has 0 bridgehead atoms.